The molecule has 2 amide bonds. The van der Waals surface area contributed by atoms with Gasteiger partial charge in [0.1, 0.15) is 12.6 Å². The molecule has 7 nitrogen and oxygen atoms in total. The summed E-state index contributed by atoms with van der Waals surface area (Å²) in [4.78, 5) is 28.7. The van der Waals surface area contributed by atoms with Crippen molar-refractivity contribution in [1.29, 1.82) is 0 Å². The molecule has 0 spiro atoms. The smallest absolute Gasteiger partial charge is 0.264 e. The Morgan fingerprint density at radius 3 is 2.20 bits per heavy atom. The van der Waals surface area contributed by atoms with E-state index >= 15 is 0 Å². The number of halogens is 3. The van der Waals surface area contributed by atoms with Crippen LogP contribution in [0.25, 0.3) is 0 Å². The fourth-order valence-corrected chi connectivity index (χ4v) is 6.33. The largest absolute Gasteiger partial charge is 0.354 e. The molecular weight excluding hydrogens is 593 g/mol. The van der Waals surface area contributed by atoms with Crippen LogP contribution in [0.2, 0.25) is 15.1 Å². The lowest BCUT2D eigenvalue weighted by molar-refractivity contribution is -0.140. The zero-order chi connectivity index (χ0) is 29.4. The molecule has 214 valence electrons. The highest BCUT2D eigenvalue weighted by Crippen LogP contribution is 2.30. The van der Waals surface area contributed by atoms with Gasteiger partial charge in [-0.05, 0) is 67.3 Å². The van der Waals surface area contributed by atoms with Gasteiger partial charge in [0.15, 0.2) is 0 Å². The maximum Gasteiger partial charge on any atom is 0.264 e. The third kappa shape index (κ3) is 7.69. The summed E-state index contributed by atoms with van der Waals surface area (Å²) in [6.45, 7) is 5.30. The van der Waals surface area contributed by atoms with E-state index in [0.717, 1.165) is 10.7 Å². The second-order valence-corrected chi connectivity index (χ2v) is 12.4. The Hall–Kier alpha value is -2.78. The highest BCUT2D eigenvalue weighted by molar-refractivity contribution is 7.92. The number of sulfonamides is 1. The fourth-order valence-electron chi connectivity index (χ4n) is 4.20. The molecule has 0 fully saturated rings. The highest BCUT2D eigenvalue weighted by Gasteiger charge is 2.34. The maximum absolute atomic E-state index is 14.1. The van der Waals surface area contributed by atoms with E-state index in [0.29, 0.717) is 39.2 Å². The zero-order valence-electron chi connectivity index (χ0n) is 22.5. The molecule has 1 N–H and O–H groups in total. The van der Waals surface area contributed by atoms with Crippen molar-refractivity contribution in [3.05, 3.63) is 92.9 Å². The summed E-state index contributed by atoms with van der Waals surface area (Å²) in [5.74, 6) is -0.914. The van der Waals surface area contributed by atoms with Crippen LogP contribution in [0.1, 0.15) is 37.8 Å². The van der Waals surface area contributed by atoms with Gasteiger partial charge in [0.05, 0.1) is 10.6 Å². The quantitative estimate of drug-likeness (QED) is 0.250. The molecule has 0 saturated carbocycles. The summed E-state index contributed by atoms with van der Waals surface area (Å²) in [6.07, 6.45) is 1.02. The van der Waals surface area contributed by atoms with Crippen LogP contribution in [0.15, 0.2) is 71.6 Å². The number of benzene rings is 3. The Morgan fingerprint density at radius 1 is 0.925 bits per heavy atom. The predicted octanol–water partition coefficient (Wildman–Crippen LogP) is 6.48. The summed E-state index contributed by atoms with van der Waals surface area (Å²) in [5.41, 5.74) is 1.44. The van der Waals surface area contributed by atoms with E-state index in [1.807, 2.05) is 6.92 Å². The summed E-state index contributed by atoms with van der Waals surface area (Å²) in [7, 11) is -4.19. The number of carbonyl (C=O) groups excluding carboxylic acids is 2. The van der Waals surface area contributed by atoms with Crippen LogP contribution in [0.3, 0.4) is 0 Å². The molecule has 40 heavy (non-hydrogen) atoms. The van der Waals surface area contributed by atoms with Gasteiger partial charge in [0.25, 0.3) is 10.0 Å². The summed E-state index contributed by atoms with van der Waals surface area (Å²) in [6, 6.07) is 16.7. The zero-order valence-corrected chi connectivity index (χ0v) is 25.6. The van der Waals surface area contributed by atoms with Gasteiger partial charge in [-0.2, -0.15) is 0 Å². The van der Waals surface area contributed by atoms with Crippen molar-refractivity contribution in [2.24, 2.45) is 0 Å². The van der Waals surface area contributed by atoms with Crippen LogP contribution in [0, 0.1) is 6.92 Å². The molecule has 3 aromatic rings. The average molecular weight is 625 g/mol. The molecule has 3 aromatic carbocycles. The molecule has 0 heterocycles. The molecule has 0 aromatic heterocycles. The van der Waals surface area contributed by atoms with Crippen LogP contribution in [-0.2, 0) is 26.2 Å². The minimum absolute atomic E-state index is 0.0159. The van der Waals surface area contributed by atoms with Crippen LogP contribution in [0.5, 0.6) is 0 Å². The van der Waals surface area contributed by atoms with Crippen molar-refractivity contribution in [1.82, 2.24) is 10.2 Å². The molecule has 11 heteroatoms. The number of hydrogen-bond acceptors (Lipinski definition) is 4. The standard InChI is InChI=1S/C29H32Cl3N3O4S/c1-4-15-33-29(37)26(5-2)34(18-21-12-14-22(30)16-25(21)32)28(36)19-35(27-17-23(31)13-11-20(27)3)40(38,39)24-9-7-6-8-10-24/h6-14,16-17,26H,4-5,15,18-19H2,1-3H3,(H,33,37)/t26-/m1/s1. The van der Waals surface area contributed by atoms with E-state index in [1.54, 1.807) is 62.4 Å². The van der Waals surface area contributed by atoms with Gasteiger partial charge in [-0.15, -0.1) is 0 Å². The molecule has 0 aliphatic rings. The SMILES string of the molecule is CCCNC(=O)[C@@H](CC)N(Cc1ccc(Cl)cc1Cl)C(=O)CN(c1cc(Cl)ccc1C)S(=O)(=O)c1ccccc1. The van der Waals surface area contributed by atoms with Crippen molar-refractivity contribution < 1.29 is 18.0 Å². The summed E-state index contributed by atoms with van der Waals surface area (Å²) >= 11 is 18.8. The van der Waals surface area contributed by atoms with Crippen molar-refractivity contribution in [2.75, 3.05) is 17.4 Å². The Kier molecular flexibility index (Phi) is 11.3. The van der Waals surface area contributed by atoms with Gasteiger partial charge >= 0.3 is 0 Å². The molecular formula is C29H32Cl3N3O4S. The molecule has 0 unspecified atom stereocenters. The van der Waals surface area contributed by atoms with Crippen molar-refractivity contribution in [2.45, 2.75) is 51.1 Å². The first-order valence-corrected chi connectivity index (χ1v) is 15.4. The van der Waals surface area contributed by atoms with Crippen molar-refractivity contribution in [3.8, 4) is 0 Å². The first-order valence-electron chi connectivity index (χ1n) is 12.8. The number of anilines is 1. The predicted molar refractivity (Wildman–Crippen MR) is 162 cm³/mol. The van der Waals surface area contributed by atoms with Crippen LogP contribution < -0.4 is 9.62 Å². The molecule has 0 radical (unpaired) electrons. The topological polar surface area (TPSA) is 86.8 Å². The number of nitrogens with one attached hydrogen (secondary N) is 1. The third-order valence-electron chi connectivity index (χ3n) is 6.34. The van der Waals surface area contributed by atoms with Gasteiger partial charge < -0.3 is 10.2 Å². The second kappa shape index (κ2) is 14.2. The number of rotatable bonds is 12. The molecule has 0 aliphatic heterocycles. The van der Waals surface area contributed by atoms with Gasteiger partial charge in [-0.1, -0.05) is 79.0 Å². The van der Waals surface area contributed by atoms with Gasteiger partial charge in [0, 0.05) is 28.2 Å². The van der Waals surface area contributed by atoms with E-state index in [9.17, 15) is 18.0 Å². The molecule has 0 aliphatic carbocycles. The van der Waals surface area contributed by atoms with Gasteiger partial charge in [0.2, 0.25) is 11.8 Å². The third-order valence-corrected chi connectivity index (χ3v) is 8.94. The minimum Gasteiger partial charge on any atom is -0.354 e. The van der Waals surface area contributed by atoms with E-state index in [1.165, 1.54) is 23.1 Å². The van der Waals surface area contributed by atoms with E-state index in [2.05, 4.69) is 5.32 Å². The maximum atomic E-state index is 14.1. The molecule has 1 atom stereocenters. The molecule has 0 saturated heterocycles. The van der Waals surface area contributed by atoms with Crippen molar-refractivity contribution in [3.63, 3.8) is 0 Å². The summed E-state index contributed by atoms with van der Waals surface area (Å²) in [5, 5.41) is 3.92. The number of nitrogens with zero attached hydrogens (tertiary/aromatic N) is 2. The molecule has 3 rings (SSSR count). The number of amides is 2. The number of carbonyl (C=O) groups is 2. The first kappa shape index (κ1) is 31.7. The lowest BCUT2D eigenvalue weighted by Crippen LogP contribution is -2.52. The Balaban J connectivity index is 2.10. The van der Waals surface area contributed by atoms with E-state index in [4.69, 9.17) is 34.8 Å². The van der Waals surface area contributed by atoms with Gasteiger partial charge in [-0.25, -0.2) is 8.42 Å². The van der Waals surface area contributed by atoms with Crippen molar-refractivity contribution >= 4 is 62.3 Å². The second-order valence-electron chi connectivity index (χ2n) is 9.23. The molecule has 0 bridgehead atoms. The minimum atomic E-state index is -4.19. The summed E-state index contributed by atoms with van der Waals surface area (Å²) < 4.78 is 28.9. The Morgan fingerprint density at radius 2 is 1.57 bits per heavy atom. The lowest BCUT2D eigenvalue weighted by Gasteiger charge is -2.33. The Bertz CT molecular complexity index is 1450. The average Bonchev–Trinajstić information content (AvgIpc) is 2.93. The number of aryl methyl sites for hydroxylation is 1. The van der Waals surface area contributed by atoms with E-state index < -0.39 is 28.5 Å². The fraction of sp³-hybridized carbons (Fsp3) is 0.310. The van der Waals surface area contributed by atoms with Gasteiger partial charge in [-0.3, -0.25) is 13.9 Å². The van der Waals surface area contributed by atoms with Crippen LogP contribution in [-0.4, -0.2) is 44.3 Å². The van der Waals surface area contributed by atoms with Crippen LogP contribution in [0.4, 0.5) is 5.69 Å². The monoisotopic (exact) mass is 623 g/mol. The lowest BCUT2D eigenvalue weighted by atomic mass is 10.1. The normalized spacial score (nSPS) is 12.1. The Labute approximate surface area is 251 Å². The van der Waals surface area contributed by atoms with Crippen LogP contribution >= 0.6 is 34.8 Å². The number of hydrogen-bond donors (Lipinski definition) is 1. The first-order chi connectivity index (χ1) is 19.0. The highest BCUT2D eigenvalue weighted by atomic mass is 35.5. The van der Waals surface area contributed by atoms with E-state index in [-0.39, 0.29) is 23.0 Å².